The van der Waals surface area contributed by atoms with Gasteiger partial charge in [-0.2, -0.15) is 0 Å². The third-order valence-electron chi connectivity index (χ3n) is 25.5. The SMILES string of the molecule is CCCCCCCCCCCCN1C(=O)c2c(C)sc(-c3cc4c(s3)-c3sc(C)cc3[Si]4(CC(CC)CCCC)c3ccc(CCCCCCC)s3)c2C1=O.CCCCCCCCCCCCN1C(=O)c2c(C)sc(-c3cc4c(s3)-c3sc(C)cc3[Si]4(CC(CC)CCCC)c3ccc(CCCCCCCC)cc3)c2C1=O. The van der Waals surface area contributed by atoms with E-state index in [-0.39, 0.29) is 23.6 Å². The van der Waals surface area contributed by atoms with E-state index in [1.54, 1.807) is 67.8 Å². The molecule has 7 aromatic heterocycles. The van der Waals surface area contributed by atoms with Gasteiger partial charge < -0.3 is 0 Å². The van der Waals surface area contributed by atoms with Crippen molar-refractivity contribution in [2.45, 2.75) is 358 Å². The van der Waals surface area contributed by atoms with Crippen LogP contribution in [0.2, 0.25) is 12.1 Å². The van der Waals surface area contributed by atoms with Crippen LogP contribution in [-0.2, 0) is 12.8 Å². The molecule has 610 valence electrons. The first-order valence-corrected chi connectivity index (χ1v) is 55.4. The summed E-state index contributed by atoms with van der Waals surface area (Å²) in [6.45, 7) is 28.4. The number of carbonyl (C=O) groups is 4. The number of unbranched alkanes of at least 4 members (excludes halogenated alkanes) is 29. The van der Waals surface area contributed by atoms with Crippen LogP contribution >= 0.6 is 79.4 Å². The largest absolute Gasteiger partial charge is 0.274 e. The van der Waals surface area contributed by atoms with Gasteiger partial charge in [0.2, 0.25) is 0 Å². The van der Waals surface area contributed by atoms with Gasteiger partial charge >= 0.3 is 0 Å². The summed E-state index contributed by atoms with van der Waals surface area (Å²) in [4.78, 5) is 75.9. The Kier molecular flexibility index (Phi) is 34.4. The monoisotopic (exact) mass is 1670 g/mol. The fourth-order valence-electron chi connectivity index (χ4n) is 19.0. The molecular formula is C97H138N2O4S7Si2. The third kappa shape index (κ3) is 20.2. The second-order valence-electron chi connectivity index (χ2n) is 34.0. The summed E-state index contributed by atoms with van der Waals surface area (Å²) in [5.41, 5.74) is 4.18. The second-order valence-corrected chi connectivity index (χ2v) is 50.3. The van der Waals surface area contributed by atoms with Gasteiger partial charge in [0, 0.05) is 71.2 Å². The maximum absolute atomic E-state index is 14.2. The Labute approximate surface area is 707 Å². The van der Waals surface area contributed by atoms with Crippen LogP contribution in [0.15, 0.2) is 60.7 Å². The molecule has 4 amide bonds. The number of imide groups is 2. The summed E-state index contributed by atoms with van der Waals surface area (Å²) in [5, 5.41) is 7.96. The number of fused-ring (bicyclic) bond motifs is 8. The van der Waals surface area contributed by atoms with Crippen LogP contribution in [0.5, 0.6) is 0 Å². The lowest BCUT2D eigenvalue weighted by Crippen LogP contribution is -2.65. The minimum atomic E-state index is -2.39. The van der Waals surface area contributed by atoms with Crippen molar-refractivity contribution in [3.8, 4) is 39.0 Å². The molecule has 0 saturated heterocycles. The van der Waals surface area contributed by atoms with E-state index in [1.165, 1.54) is 288 Å². The Morgan fingerprint density at radius 2 is 0.670 bits per heavy atom. The molecule has 0 radical (unpaired) electrons. The summed E-state index contributed by atoms with van der Waals surface area (Å²) >= 11 is 13.2. The number of hydrogen-bond donors (Lipinski definition) is 0. The molecular weight excluding hydrogens is 1540 g/mol. The number of thiophene rings is 7. The van der Waals surface area contributed by atoms with Gasteiger partial charge in [0.25, 0.3) is 23.6 Å². The van der Waals surface area contributed by atoms with Gasteiger partial charge in [-0.1, -0.05) is 310 Å². The molecule has 4 atom stereocenters. The number of carbonyl (C=O) groups excluding carboxylic acids is 4. The van der Waals surface area contributed by atoms with Crippen molar-refractivity contribution in [1.82, 2.24) is 9.80 Å². The van der Waals surface area contributed by atoms with E-state index in [0.29, 0.717) is 47.2 Å². The summed E-state index contributed by atoms with van der Waals surface area (Å²) < 4.78 is 1.63. The maximum atomic E-state index is 14.2. The molecule has 4 aliphatic rings. The molecule has 0 fully saturated rings. The van der Waals surface area contributed by atoms with Crippen molar-refractivity contribution < 1.29 is 19.2 Å². The van der Waals surface area contributed by atoms with Crippen molar-refractivity contribution in [2.75, 3.05) is 13.1 Å². The van der Waals surface area contributed by atoms with E-state index in [2.05, 4.69) is 155 Å². The first-order valence-electron chi connectivity index (χ1n) is 45.3. The highest BCUT2D eigenvalue weighted by Crippen LogP contribution is 2.52. The molecule has 0 bridgehead atoms. The zero-order valence-electron chi connectivity index (χ0n) is 71.1. The molecule has 6 nitrogen and oxygen atoms in total. The van der Waals surface area contributed by atoms with Crippen LogP contribution in [0.1, 0.15) is 377 Å². The Morgan fingerprint density at radius 1 is 0.321 bits per heavy atom. The minimum absolute atomic E-state index is 0.0625. The second kappa shape index (κ2) is 43.5. The van der Waals surface area contributed by atoms with Crippen molar-refractivity contribution >= 4 is 150 Å². The number of amides is 4. The van der Waals surface area contributed by atoms with Gasteiger partial charge in [-0.25, -0.2) is 0 Å². The fourth-order valence-corrected chi connectivity index (χ4v) is 42.6. The van der Waals surface area contributed by atoms with Gasteiger partial charge in [-0.3, -0.25) is 29.0 Å². The van der Waals surface area contributed by atoms with E-state index in [4.69, 9.17) is 0 Å². The van der Waals surface area contributed by atoms with Crippen LogP contribution in [0.25, 0.3) is 39.0 Å². The Hall–Kier alpha value is -4.17. The van der Waals surface area contributed by atoms with E-state index >= 15 is 0 Å². The van der Waals surface area contributed by atoms with Gasteiger partial charge in [0.05, 0.1) is 32.0 Å². The first-order chi connectivity index (χ1) is 54.6. The highest BCUT2D eigenvalue weighted by molar-refractivity contribution is 7.39. The molecule has 15 heteroatoms. The van der Waals surface area contributed by atoms with E-state index in [9.17, 15) is 19.2 Å². The molecule has 0 spiro atoms. The van der Waals surface area contributed by atoms with Gasteiger partial charge in [0.1, 0.15) is 0 Å². The lowest BCUT2D eigenvalue weighted by molar-refractivity contribution is 0.0636. The summed E-state index contributed by atoms with van der Waals surface area (Å²) in [5.74, 6) is 1.10. The topological polar surface area (TPSA) is 74.8 Å². The molecule has 4 unspecified atom stereocenters. The predicted molar refractivity (Wildman–Crippen MR) is 501 cm³/mol. The molecule has 112 heavy (non-hydrogen) atoms. The standard InChI is InChI=1S/C50H71NO2S3Si.C47H67NO2S4Si/c1-7-11-14-16-18-19-20-21-23-25-32-51-49(52)44-37(6)55-46(45(44)50(51)53)41-34-43-48(56-41)47-42(33-36(5)54-47)57(43,35-38(10-4)26-13-9-3)40-30-28-39(29-31-40)27-24-22-17-15-12-8-2;1-7-11-14-16-17-18-19-20-22-24-29-48-46(49)41-34(6)52-43(42(41)47(48)50)37-31-39-45(54-37)44-38(30-33(5)51-44)55(39,32-35(10-4)25-13-9-3)40-28-27-36(53-40)26-23-21-15-12-8-2/h28-31,33-34,38H,7-27,32,35H2,1-6H3;27-28,30-31,35H,7-26,29,32H2,1-6H3. The van der Waals surface area contributed by atoms with Crippen LogP contribution in [-0.4, -0.2) is 62.7 Å². The van der Waals surface area contributed by atoms with E-state index in [1.807, 2.05) is 45.3 Å². The Bertz CT molecular complexity index is 4340. The highest BCUT2D eigenvalue weighted by Gasteiger charge is 2.54. The fraction of sp³-hybridized carbons (Fsp3) is 0.608. The number of aryl methyl sites for hydroxylation is 6. The molecule has 1 aromatic carbocycles. The van der Waals surface area contributed by atoms with Crippen molar-refractivity contribution in [2.24, 2.45) is 11.8 Å². The Balaban J connectivity index is 0.000000222. The zero-order valence-corrected chi connectivity index (χ0v) is 78.8. The average Bonchev–Trinajstić information content (AvgIpc) is 1.54. The van der Waals surface area contributed by atoms with Crippen molar-refractivity contribution in [3.05, 3.63) is 113 Å². The van der Waals surface area contributed by atoms with Crippen LogP contribution in [0, 0.1) is 39.5 Å². The van der Waals surface area contributed by atoms with E-state index in [0.717, 1.165) is 51.6 Å². The Morgan fingerprint density at radius 3 is 1.09 bits per heavy atom. The summed E-state index contributed by atoms with van der Waals surface area (Å²) in [6, 6.07) is 27.6. The molecule has 8 aromatic rings. The van der Waals surface area contributed by atoms with Gasteiger partial charge in [0.15, 0.2) is 16.1 Å². The zero-order chi connectivity index (χ0) is 79.3. The van der Waals surface area contributed by atoms with Crippen LogP contribution in [0.3, 0.4) is 0 Å². The van der Waals surface area contributed by atoms with Gasteiger partial charge in [-0.05, 0) is 152 Å². The van der Waals surface area contributed by atoms with Crippen molar-refractivity contribution in [1.29, 1.82) is 0 Å². The van der Waals surface area contributed by atoms with E-state index < -0.39 is 16.1 Å². The molecule has 0 N–H and O–H groups in total. The molecule has 11 heterocycles. The normalized spacial score (nSPS) is 16.6. The average molecular weight is 1680 g/mol. The maximum Gasteiger partial charge on any atom is 0.263 e. The molecule has 0 aliphatic carbocycles. The first kappa shape index (κ1) is 88.6. The van der Waals surface area contributed by atoms with Crippen LogP contribution < -0.4 is 30.4 Å². The lowest BCUT2D eigenvalue weighted by Gasteiger charge is -2.33. The van der Waals surface area contributed by atoms with Crippen molar-refractivity contribution in [3.63, 3.8) is 0 Å². The molecule has 12 rings (SSSR count). The van der Waals surface area contributed by atoms with Gasteiger partial charge in [-0.15, -0.1) is 79.4 Å². The number of benzene rings is 1. The quantitative estimate of drug-likeness (QED) is 0.0216. The summed E-state index contributed by atoms with van der Waals surface area (Å²) in [7, 11) is -4.73. The minimum Gasteiger partial charge on any atom is -0.274 e. The molecule has 0 saturated carbocycles. The number of rotatable bonds is 51. The number of hydrogen-bond acceptors (Lipinski definition) is 11. The summed E-state index contributed by atoms with van der Waals surface area (Å²) in [6.07, 6.45) is 51.8. The lowest BCUT2D eigenvalue weighted by atomic mass is 10.0. The number of nitrogens with zero attached hydrogens (tertiary/aromatic N) is 2. The smallest absolute Gasteiger partial charge is 0.263 e. The third-order valence-corrected chi connectivity index (χ3v) is 45.8. The predicted octanol–water partition coefficient (Wildman–Crippen LogP) is 28.2. The van der Waals surface area contributed by atoms with Crippen LogP contribution in [0.4, 0.5) is 0 Å². The molecule has 4 aliphatic heterocycles. The highest BCUT2D eigenvalue weighted by atomic mass is 32.1.